The van der Waals surface area contributed by atoms with Crippen molar-refractivity contribution in [2.75, 3.05) is 20.2 Å². The standard InChI is InChI=1S/C17H23N3O2/c1-13-18-11-14(19-13)12-20-9-7-17(8-10-20)22-16-5-3-15(21-2)4-6-16/h3-6,11,17H,7-10,12H2,1-2H3,(H,18,19). The molecule has 0 radical (unpaired) electrons. The third-order valence-electron chi connectivity index (χ3n) is 4.05. The van der Waals surface area contributed by atoms with Crippen molar-refractivity contribution in [3.63, 3.8) is 0 Å². The van der Waals surface area contributed by atoms with Crippen LogP contribution in [-0.4, -0.2) is 41.2 Å². The fraction of sp³-hybridized carbons (Fsp3) is 0.471. The Bertz CT molecular complexity index is 586. The van der Waals surface area contributed by atoms with Crippen molar-refractivity contribution in [2.45, 2.75) is 32.4 Å². The Hall–Kier alpha value is -2.01. The van der Waals surface area contributed by atoms with Crippen LogP contribution in [0.25, 0.3) is 0 Å². The van der Waals surface area contributed by atoms with E-state index in [2.05, 4.69) is 14.9 Å². The number of nitrogens with zero attached hydrogens (tertiary/aromatic N) is 2. The van der Waals surface area contributed by atoms with E-state index < -0.39 is 0 Å². The normalized spacial score (nSPS) is 16.6. The predicted octanol–water partition coefficient (Wildman–Crippen LogP) is 2.77. The molecule has 0 unspecified atom stereocenters. The van der Waals surface area contributed by atoms with E-state index in [1.807, 2.05) is 37.4 Å². The zero-order valence-corrected chi connectivity index (χ0v) is 13.2. The SMILES string of the molecule is COc1ccc(OC2CCN(Cc3cnc(C)[nH]3)CC2)cc1. The van der Waals surface area contributed by atoms with Crippen LogP contribution in [0, 0.1) is 6.92 Å². The molecule has 0 atom stereocenters. The maximum absolute atomic E-state index is 6.06. The zero-order valence-electron chi connectivity index (χ0n) is 13.2. The summed E-state index contributed by atoms with van der Waals surface area (Å²) in [4.78, 5) is 9.98. The number of aromatic nitrogens is 2. The van der Waals surface area contributed by atoms with E-state index in [-0.39, 0.29) is 0 Å². The van der Waals surface area contributed by atoms with Crippen LogP contribution in [0.1, 0.15) is 24.4 Å². The molecule has 22 heavy (non-hydrogen) atoms. The van der Waals surface area contributed by atoms with Gasteiger partial charge in [0.25, 0.3) is 0 Å². The molecule has 1 aromatic heterocycles. The Morgan fingerprint density at radius 3 is 2.45 bits per heavy atom. The summed E-state index contributed by atoms with van der Waals surface area (Å²) in [6.07, 6.45) is 4.33. The Kier molecular flexibility index (Phi) is 4.63. The lowest BCUT2D eigenvalue weighted by Gasteiger charge is -2.31. The summed E-state index contributed by atoms with van der Waals surface area (Å²) in [6.45, 7) is 5.03. The second-order valence-electron chi connectivity index (χ2n) is 5.76. The molecule has 1 aliphatic heterocycles. The Balaban J connectivity index is 1.46. The number of aromatic amines is 1. The van der Waals surface area contributed by atoms with E-state index in [0.29, 0.717) is 6.10 Å². The Morgan fingerprint density at radius 1 is 1.18 bits per heavy atom. The molecule has 5 nitrogen and oxygen atoms in total. The van der Waals surface area contributed by atoms with Crippen LogP contribution in [-0.2, 0) is 6.54 Å². The van der Waals surface area contributed by atoms with E-state index in [9.17, 15) is 0 Å². The summed E-state index contributed by atoms with van der Waals surface area (Å²) >= 11 is 0. The predicted molar refractivity (Wildman–Crippen MR) is 85.2 cm³/mol. The Labute approximate surface area is 131 Å². The van der Waals surface area contributed by atoms with Gasteiger partial charge >= 0.3 is 0 Å². The van der Waals surface area contributed by atoms with Gasteiger partial charge in [0.2, 0.25) is 0 Å². The second-order valence-corrected chi connectivity index (χ2v) is 5.76. The largest absolute Gasteiger partial charge is 0.497 e. The first-order chi connectivity index (χ1) is 10.7. The summed E-state index contributed by atoms with van der Waals surface area (Å²) in [5, 5.41) is 0. The van der Waals surface area contributed by atoms with Crippen LogP contribution in [0.5, 0.6) is 11.5 Å². The Morgan fingerprint density at radius 2 is 1.86 bits per heavy atom. The number of nitrogens with one attached hydrogen (secondary N) is 1. The van der Waals surface area contributed by atoms with Gasteiger partial charge in [0.15, 0.2) is 0 Å². The van der Waals surface area contributed by atoms with Crippen molar-refractivity contribution in [1.82, 2.24) is 14.9 Å². The molecule has 1 aliphatic rings. The van der Waals surface area contributed by atoms with Gasteiger partial charge in [-0.3, -0.25) is 4.90 Å². The smallest absolute Gasteiger partial charge is 0.119 e. The number of ether oxygens (including phenoxy) is 2. The molecule has 118 valence electrons. The van der Waals surface area contributed by atoms with Gasteiger partial charge in [-0.2, -0.15) is 0 Å². The second kappa shape index (κ2) is 6.83. The van der Waals surface area contributed by atoms with Gasteiger partial charge < -0.3 is 14.5 Å². The molecule has 1 aromatic carbocycles. The molecule has 0 saturated carbocycles. The summed E-state index contributed by atoms with van der Waals surface area (Å²) in [7, 11) is 1.67. The highest BCUT2D eigenvalue weighted by atomic mass is 16.5. The molecule has 2 heterocycles. The van der Waals surface area contributed by atoms with Crippen LogP contribution in [0.3, 0.4) is 0 Å². The van der Waals surface area contributed by atoms with Crippen molar-refractivity contribution in [1.29, 1.82) is 0 Å². The van der Waals surface area contributed by atoms with E-state index in [1.165, 1.54) is 5.69 Å². The molecule has 0 spiro atoms. The maximum atomic E-state index is 6.06. The molecule has 5 heteroatoms. The lowest BCUT2D eigenvalue weighted by Crippen LogP contribution is -2.37. The van der Waals surface area contributed by atoms with Crippen LogP contribution in [0.4, 0.5) is 0 Å². The topological polar surface area (TPSA) is 50.4 Å². The van der Waals surface area contributed by atoms with Crippen molar-refractivity contribution in [3.8, 4) is 11.5 Å². The fourth-order valence-corrected chi connectivity index (χ4v) is 2.82. The van der Waals surface area contributed by atoms with Gasteiger partial charge in [-0.25, -0.2) is 4.98 Å². The lowest BCUT2D eigenvalue weighted by atomic mass is 10.1. The van der Waals surface area contributed by atoms with Crippen LogP contribution in [0.15, 0.2) is 30.5 Å². The number of piperidine rings is 1. The number of rotatable bonds is 5. The molecule has 1 saturated heterocycles. The molecule has 1 fully saturated rings. The van der Waals surface area contributed by atoms with Gasteiger partial charge in [0, 0.05) is 31.5 Å². The van der Waals surface area contributed by atoms with E-state index in [4.69, 9.17) is 9.47 Å². The first kappa shape index (κ1) is 14.9. The average molecular weight is 301 g/mol. The molecule has 2 aromatic rings. The molecular weight excluding hydrogens is 278 g/mol. The number of H-pyrrole nitrogens is 1. The van der Waals surface area contributed by atoms with Gasteiger partial charge in [0.05, 0.1) is 7.11 Å². The number of hydrogen-bond acceptors (Lipinski definition) is 4. The van der Waals surface area contributed by atoms with Gasteiger partial charge in [-0.05, 0) is 44.0 Å². The molecule has 1 N–H and O–H groups in total. The third-order valence-corrected chi connectivity index (χ3v) is 4.05. The highest BCUT2D eigenvalue weighted by Crippen LogP contribution is 2.22. The minimum Gasteiger partial charge on any atom is -0.497 e. The van der Waals surface area contributed by atoms with Crippen LogP contribution in [0.2, 0.25) is 0 Å². The van der Waals surface area contributed by atoms with Crippen molar-refractivity contribution in [3.05, 3.63) is 42.0 Å². The average Bonchev–Trinajstić information content (AvgIpc) is 2.95. The van der Waals surface area contributed by atoms with E-state index in [0.717, 1.165) is 49.8 Å². The van der Waals surface area contributed by atoms with Crippen LogP contribution < -0.4 is 9.47 Å². The number of hydrogen-bond donors (Lipinski definition) is 1. The van der Waals surface area contributed by atoms with Crippen molar-refractivity contribution in [2.24, 2.45) is 0 Å². The minimum atomic E-state index is 0.299. The first-order valence-electron chi connectivity index (χ1n) is 7.76. The van der Waals surface area contributed by atoms with E-state index >= 15 is 0 Å². The number of benzene rings is 1. The number of methoxy groups -OCH3 is 1. The quantitative estimate of drug-likeness (QED) is 0.922. The number of imidazole rings is 1. The van der Waals surface area contributed by atoms with Crippen LogP contribution >= 0.6 is 0 Å². The van der Waals surface area contributed by atoms with Gasteiger partial charge in [-0.15, -0.1) is 0 Å². The summed E-state index contributed by atoms with van der Waals surface area (Å²) in [5.41, 5.74) is 1.19. The van der Waals surface area contributed by atoms with Gasteiger partial charge in [-0.1, -0.05) is 0 Å². The first-order valence-corrected chi connectivity index (χ1v) is 7.76. The maximum Gasteiger partial charge on any atom is 0.119 e. The molecule has 0 bridgehead atoms. The minimum absolute atomic E-state index is 0.299. The molecular formula is C17H23N3O2. The summed E-state index contributed by atoms with van der Waals surface area (Å²) in [6, 6.07) is 7.81. The molecule has 0 aliphatic carbocycles. The third kappa shape index (κ3) is 3.80. The van der Waals surface area contributed by atoms with E-state index in [1.54, 1.807) is 7.11 Å². The summed E-state index contributed by atoms with van der Waals surface area (Å²) < 4.78 is 11.2. The highest BCUT2D eigenvalue weighted by Gasteiger charge is 2.21. The van der Waals surface area contributed by atoms with Crippen molar-refractivity contribution < 1.29 is 9.47 Å². The number of aryl methyl sites for hydroxylation is 1. The molecule has 3 rings (SSSR count). The summed E-state index contributed by atoms with van der Waals surface area (Å²) in [5.74, 6) is 2.76. The lowest BCUT2D eigenvalue weighted by molar-refractivity contribution is 0.0961. The number of likely N-dealkylation sites (tertiary alicyclic amines) is 1. The fourth-order valence-electron chi connectivity index (χ4n) is 2.82. The molecule has 0 amide bonds. The van der Waals surface area contributed by atoms with Gasteiger partial charge in [0.1, 0.15) is 23.4 Å². The zero-order chi connectivity index (χ0) is 15.4. The highest BCUT2D eigenvalue weighted by molar-refractivity contribution is 5.31. The monoisotopic (exact) mass is 301 g/mol. The van der Waals surface area contributed by atoms with Crippen molar-refractivity contribution >= 4 is 0 Å².